The summed E-state index contributed by atoms with van der Waals surface area (Å²) in [7, 11) is 0. The van der Waals surface area contributed by atoms with Crippen molar-refractivity contribution in [3.05, 3.63) is 33.8 Å². The Balaban J connectivity index is 0.00000288. The minimum Gasteiger partial charge on any atom is -0.357 e. The van der Waals surface area contributed by atoms with Gasteiger partial charge < -0.3 is 16.0 Å². The van der Waals surface area contributed by atoms with Crippen molar-refractivity contribution in [3.8, 4) is 0 Å². The van der Waals surface area contributed by atoms with Crippen molar-refractivity contribution in [1.82, 2.24) is 16.0 Å². The first-order chi connectivity index (χ1) is 11.0. The highest BCUT2D eigenvalue weighted by molar-refractivity contribution is 14.0. The SMILES string of the molecule is CCNC(=NCC(=O)NC1CC1)NC(C)c1ccc(Cl)cc1Cl.I. The normalized spacial score (nSPS) is 15.2. The predicted octanol–water partition coefficient (Wildman–Crippen LogP) is 3.51. The molecule has 5 nitrogen and oxygen atoms in total. The van der Waals surface area contributed by atoms with Crippen LogP contribution in [0, 0.1) is 0 Å². The van der Waals surface area contributed by atoms with Crippen LogP contribution in [-0.4, -0.2) is 31.0 Å². The van der Waals surface area contributed by atoms with Crippen molar-refractivity contribution in [1.29, 1.82) is 0 Å². The second-order valence-electron chi connectivity index (χ2n) is 5.57. The summed E-state index contributed by atoms with van der Waals surface area (Å²) >= 11 is 12.2. The van der Waals surface area contributed by atoms with Gasteiger partial charge in [0.1, 0.15) is 6.54 Å². The average molecular weight is 485 g/mol. The van der Waals surface area contributed by atoms with Gasteiger partial charge in [-0.1, -0.05) is 29.3 Å². The van der Waals surface area contributed by atoms with Gasteiger partial charge in [-0.05, 0) is 44.4 Å². The van der Waals surface area contributed by atoms with E-state index in [1.54, 1.807) is 12.1 Å². The van der Waals surface area contributed by atoms with E-state index >= 15 is 0 Å². The van der Waals surface area contributed by atoms with Crippen LogP contribution in [0.3, 0.4) is 0 Å². The van der Waals surface area contributed by atoms with Crippen LogP contribution in [0.5, 0.6) is 0 Å². The number of amides is 1. The molecule has 2 rings (SSSR count). The fourth-order valence-electron chi connectivity index (χ4n) is 2.11. The molecule has 1 amide bonds. The molecule has 0 saturated heterocycles. The van der Waals surface area contributed by atoms with Crippen LogP contribution in [0.25, 0.3) is 0 Å². The minimum absolute atomic E-state index is 0. The maximum atomic E-state index is 11.7. The Morgan fingerprint density at radius 2 is 2.08 bits per heavy atom. The molecule has 24 heavy (non-hydrogen) atoms. The van der Waals surface area contributed by atoms with Gasteiger partial charge in [-0.15, -0.1) is 24.0 Å². The fraction of sp³-hybridized carbons (Fsp3) is 0.500. The number of aliphatic imine (C=N–C) groups is 1. The van der Waals surface area contributed by atoms with E-state index in [4.69, 9.17) is 23.2 Å². The zero-order valence-electron chi connectivity index (χ0n) is 13.7. The number of carbonyl (C=O) groups excluding carboxylic acids is 1. The molecule has 1 unspecified atom stereocenters. The molecule has 134 valence electrons. The van der Waals surface area contributed by atoms with Crippen LogP contribution in [0.4, 0.5) is 0 Å². The predicted molar refractivity (Wildman–Crippen MR) is 111 cm³/mol. The Hall–Kier alpha value is -0.730. The number of rotatable bonds is 6. The van der Waals surface area contributed by atoms with Crippen LogP contribution in [0.1, 0.15) is 38.3 Å². The third-order valence-electron chi connectivity index (χ3n) is 3.45. The quantitative estimate of drug-likeness (QED) is 0.329. The Bertz CT molecular complexity index is 593. The maximum Gasteiger partial charge on any atom is 0.242 e. The number of halogens is 3. The molecule has 0 bridgehead atoms. The van der Waals surface area contributed by atoms with Gasteiger partial charge >= 0.3 is 0 Å². The summed E-state index contributed by atoms with van der Waals surface area (Å²) in [6, 6.07) is 5.67. The Morgan fingerprint density at radius 1 is 1.38 bits per heavy atom. The molecule has 0 aliphatic heterocycles. The van der Waals surface area contributed by atoms with Crippen LogP contribution >= 0.6 is 47.2 Å². The van der Waals surface area contributed by atoms with Crippen LogP contribution in [0.15, 0.2) is 23.2 Å². The standard InChI is InChI=1S/C16H22Cl2N4O.HI/c1-3-19-16(20-9-15(23)22-12-5-6-12)21-10(2)13-7-4-11(17)8-14(13)18;/h4,7-8,10,12H,3,5-6,9H2,1-2H3,(H,22,23)(H2,19,20,21);1H. The second-order valence-corrected chi connectivity index (χ2v) is 6.41. The Morgan fingerprint density at radius 3 is 2.67 bits per heavy atom. The topological polar surface area (TPSA) is 65.5 Å². The first kappa shape index (κ1) is 21.3. The third kappa shape index (κ3) is 7.03. The summed E-state index contributed by atoms with van der Waals surface area (Å²) in [5.41, 5.74) is 0.920. The Labute approximate surface area is 170 Å². The lowest BCUT2D eigenvalue weighted by molar-refractivity contribution is -0.119. The molecule has 0 heterocycles. The molecule has 1 aliphatic rings. The maximum absolute atomic E-state index is 11.7. The number of nitrogens with zero attached hydrogens (tertiary/aromatic N) is 1. The molecule has 1 atom stereocenters. The highest BCUT2D eigenvalue weighted by Gasteiger charge is 2.22. The Kier molecular flexibility index (Phi) is 9.15. The highest BCUT2D eigenvalue weighted by Crippen LogP contribution is 2.26. The molecule has 1 aromatic rings. The number of hydrogen-bond donors (Lipinski definition) is 3. The van der Waals surface area contributed by atoms with Gasteiger partial charge in [0, 0.05) is 22.6 Å². The van der Waals surface area contributed by atoms with E-state index in [1.165, 1.54) is 0 Å². The third-order valence-corrected chi connectivity index (χ3v) is 4.01. The van der Waals surface area contributed by atoms with Gasteiger partial charge in [-0.2, -0.15) is 0 Å². The molecule has 0 aromatic heterocycles. The second kappa shape index (κ2) is 10.3. The summed E-state index contributed by atoms with van der Waals surface area (Å²) in [6.45, 7) is 4.76. The van der Waals surface area contributed by atoms with Gasteiger partial charge in [0.25, 0.3) is 0 Å². The number of carbonyl (C=O) groups is 1. The van der Waals surface area contributed by atoms with Crippen molar-refractivity contribution in [3.63, 3.8) is 0 Å². The van der Waals surface area contributed by atoms with Gasteiger partial charge in [-0.25, -0.2) is 4.99 Å². The van der Waals surface area contributed by atoms with Crippen LogP contribution in [-0.2, 0) is 4.79 Å². The minimum atomic E-state index is -0.0657. The lowest BCUT2D eigenvalue weighted by Crippen LogP contribution is -2.40. The number of benzene rings is 1. The first-order valence-electron chi connectivity index (χ1n) is 7.78. The van der Waals surface area contributed by atoms with E-state index in [0.29, 0.717) is 28.6 Å². The lowest BCUT2D eigenvalue weighted by Gasteiger charge is -2.19. The van der Waals surface area contributed by atoms with Crippen LogP contribution in [0.2, 0.25) is 10.0 Å². The van der Waals surface area contributed by atoms with Crippen molar-refractivity contribution in [2.24, 2.45) is 4.99 Å². The van der Waals surface area contributed by atoms with E-state index in [1.807, 2.05) is 19.9 Å². The summed E-state index contributed by atoms with van der Waals surface area (Å²) < 4.78 is 0. The van der Waals surface area contributed by atoms with Gasteiger partial charge in [0.15, 0.2) is 5.96 Å². The molecule has 0 radical (unpaired) electrons. The smallest absolute Gasteiger partial charge is 0.242 e. The molecule has 1 aromatic carbocycles. The van der Waals surface area contributed by atoms with Gasteiger partial charge in [0.2, 0.25) is 5.91 Å². The lowest BCUT2D eigenvalue weighted by atomic mass is 10.1. The summed E-state index contributed by atoms with van der Waals surface area (Å²) in [5.74, 6) is 0.527. The highest BCUT2D eigenvalue weighted by atomic mass is 127. The van der Waals surface area contributed by atoms with E-state index in [-0.39, 0.29) is 42.5 Å². The summed E-state index contributed by atoms with van der Waals surface area (Å²) in [4.78, 5) is 16.1. The van der Waals surface area contributed by atoms with E-state index in [0.717, 1.165) is 18.4 Å². The summed E-state index contributed by atoms with van der Waals surface area (Å²) in [6.07, 6.45) is 2.14. The summed E-state index contributed by atoms with van der Waals surface area (Å²) in [5, 5.41) is 10.5. The van der Waals surface area contributed by atoms with Crippen molar-refractivity contribution < 1.29 is 4.79 Å². The largest absolute Gasteiger partial charge is 0.357 e. The number of guanidine groups is 1. The fourth-order valence-corrected chi connectivity index (χ4v) is 2.68. The number of nitrogens with one attached hydrogen (secondary N) is 3. The molecular formula is C16H23Cl2IN4O. The van der Waals surface area contributed by atoms with Crippen LogP contribution < -0.4 is 16.0 Å². The average Bonchev–Trinajstić information content (AvgIpc) is 3.28. The molecule has 1 fully saturated rings. The van der Waals surface area contributed by atoms with Crippen molar-refractivity contribution in [2.45, 2.75) is 38.8 Å². The first-order valence-corrected chi connectivity index (χ1v) is 8.54. The van der Waals surface area contributed by atoms with Gasteiger partial charge in [-0.3, -0.25) is 4.79 Å². The zero-order valence-corrected chi connectivity index (χ0v) is 17.6. The van der Waals surface area contributed by atoms with E-state index in [9.17, 15) is 4.79 Å². The van der Waals surface area contributed by atoms with Crippen molar-refractivity contribution in [2.75, 3.05) is 13.1 Å². The van der Waals surface area contributed by atoms with Crippen molar-refractivity contribution >= 4 is 59.0 Å². The van der Waals surface area contributed by atoms with Gasteiger partial charge in [0.05, 0.1) is 6.04 Å². The molecule has 8 heteroatoms. The molecule has 0 spiro atoms. The van der Waals surface area contributed by atoms with E-state index < -0.39 is 0 Å². The molecule has 3 N–H and O–H groups in total. The molecule has 1 aliphatic carbocycles. The number of hydrogen-bond acceptors (Lipinski definition) is 2. The monoisotopic (exact) mass is 484 g/mol. The zero-order chi connectivity index (χ0) is 16.8. The molecule has 1 saturated carbocycles. The molecular weight excluding hydrogens is 462 g/mol. The van der Waals surface area contributed by atoms with E-state index in [2.05, 4.69) is 20.9 Å².